The molecule has 15 heavy (non-hydrogen) atoms. The van der Waals surface area contributed by atoms with E-state index in [-0.39, 0.29) is 19.1 Å². The van der Waals surface area contributed by atoms with Gasteiger partial charge in [0.1, 0.15) is 6.61 Å². The van der Waals surface area contributed by atoms with Gasteiger partial charge in [-0.25, -0.2) is 9.97 Å². The number of carbonyl (C=O) groups is 1. The summed E-state index contributed by atoms with van der Waals surface area (Å²) >= 11 is 0. The van der Waals surface area contributed by atoms with E-state index in [0.717, 1.165) is 0 Å². The van der Waals surface area contributed by atoms with Gasteiger partial charge in [0.05, 0.1) is 19.0 Å². The molecule has 1 aromatic rings. The molecule has 1 rings (SSSR count). The van der Waals surface area contributed by atoms with Gasteiger partial charge in [0.15, 0.2) is 5.82 Å². The van der Waals surface area contributed by atoms with Crippen LogP contribution in [-0.4, -0.2) is 34.2 Å². The molecular formula is C9H13N3O3. The summed E-state index contributed by atoms with van der Waals surface area (Å²) in [5.74, 6) is 0.588. The fraction of sp³-hybridized carbons (Fsp3) is 0.444. The highest BCUT2D eigenvalue weighted by Gasteiger charge is 2.01. The number of hydrogen-bond acceptors (Lipinski definition) is 5. The van der Waals surface area contributed by atoms with Gasteiger partial charge in [0.2, 0.25) is 11.8 Å². The first-order valence-electron chi connectivity index (χ1n) is 4.61. The van der Waals surface area contributed by atoms with E-state index in [1.165, 1.54) is 12.4 Å². The Kier molecular flexibility index (Phi) is 4.49. The summed E-state index contributed by atoms with van der Waals surface area (Å²) in [5, 5.41) is 11.1. The van der Waals surface area contributed by atoms with Crippen LogP contribution >= 0.6 is 0 Å². The highest BCUT2D eigenvalue weighted by Crippen LogP contribution is 2.07. The van der Waals surface area contributed by atoms with E-state index in [9.17, 15) is 4.79 Å². The van der Waals surface area contributed by atoms with Crippen LogP contribution < -0.4 is 10.1 Å². The number of aliphatic hydroxyl groups is 1. The molecule has 82 valence electrons. The number of carbonyl (C=O) groups excluding carboxylic acids is 1. The molecule has 1 amide bonds. The van der Waals surface area contributed by atoms with Crippen molar-refractivity contribution in [3.8, 4) is 5.88 Å². The Morgan fingerprint density at radius 1 is 1.53 bits per heavy atom. The smallest absolute Gasteiger partial charge is 0.232 e. The molecule has 6 nitrogen and oxygen atoms in total. The molecule has 1 heterocycles. The largest absolute Gasteiger partial charge is 0.474 e. The first-order valence-corrected chi connectivity index (χ1v) is 4.61. The summed E-state index contributed by atoms with van der Waals surface area (Å²) in [6.45, 7) is 1.85. The molecule has 0 saturated heterocycles. The van der Waals surface area contributed by atoms with Gasteiger partial charge in [-0.05, 0) is 0 Å². The molecule has 0 atom stereocenters. The molecule has 0 radical (unpaired) electrons. The molecule has 0 aromatic carbocycles. The molecule has 0 saturated carbocycles. The number of rotatable bonds is 5. The molecule has 2 N–H and O–H groups in total. The quantitative estimate of drug-likeness (QED) is 0.726. The second kappa shape index (κ2) is 5.92. The maximum Gasteiger partial charge on any atom is 0.232 e. The predicted octanol–water partition coefficient (Wildman–Crippen LogP) is 0.196. The third-order valence-corrected chi connectivity index (χ3v) is 1.56. The lowest BCUT2D eigenvalue weighted by Crippen LogP contribution is -2.11. The van der Waals surface area contributed by atoms with E-state index in [1.54, 1.807) is 6.92 Å². The van der Waals surface area contributed by atoms with Crippen molar-refractivity contribution in [1.82, 2.24) is 9.97 Å². The van der Waals surface area contributed by atoms with Crippen LogP contribution in [0.3, 0.4) is 0 Å². The highest BCUT2D eigenvalue weighted by molar-refractivity contribution is 5.89. The predicted molar refractivity (Wildman–Crippen MR) is 53.5 cm³/mol. The van der Waals surface area contributed by atoms with Gasteiger partial charge < -0.3 is 15.2 Å². The number of ether oxygens (including phenoxy) is 1. The fourth-order valence-electron chi connectivity index (χ4n) is 0.837. The van der Waals surface area contributed by atoms with E-state index in [0.29, 0.717) is 18.1 Å². The number of anilines is 1. The Labute approximate surface area is 87.3 Å². The van der Waals surface area contributed by atoms with Crippen molar-refractivity contribution in [3.63, 3.8) is 0 Å². The van der Waals surface area contributed by atoms with Crippen molar-refractivity contribution < 1.29 is 14.6 Å². The Hall–Kier alpha value is -1.69. The van der Waals surface area contributed by atoms with E-state index >= 15 is 0 Å². The molecule has 0 spiro atoms. The van der Waals surface area contributed by atoms with Crippen LogP contribution in [-0.2, 0) is 4.79 Å². The Morgan fingerprint density at radius 3 is 2.87 bits per heavy atom. The van der Waals surface area contributed by atoms with E-state index < -0.39 is 0 Å². The average Bonchev–Trinajstić information content (AvgIpc) is 2.28. The molecule has 0 bridgehead atoms. The van der Waals surface area contributed by atoms with E-state index in [2.05, 4.69) is 15.3 Å². The number of nitrogens with one attached hydrogen (secondary N) is 1. The van der Waals surface area contributed by atoms with Crippen LogP contribution in [0.25, 0.3) is 0 Å². The minimum Gasteiger partial charge on any atom is -0.474 e. The van der Waals surface area contributed by atoms with Gasteiger partial charge >= 0.3 is 0 Å². The number of aromatic nitrogens is 2. The zero-order chi connectivity index (χ0) is 11.1. The van der Waals surface area contributed by atoms with Crippen LogP contribution in [0.4, 0.5) is 5.82 Å². The second-order valence-electron chi connectivity index (χ2n) is 2.71. The van der Waals surface area contributed by atoms with Crippen molar-refractivity contribution in [1.29, 1.82) is 0 Å². The summed E-state index contributed by atoms with van der Waals surface area (Å²) in [7, 11) is 0. The third-order valence-electron chi connectivity index (χ3n) is 1.56. The average molecular weight is 211 g/mol. The second-order valence-corrected chi connectivity index (χ2v) is 2.71. The standard InChI is InChI=1S/C9H13N3O3/c1-2-8(14)12-7-5-11-9(6-10-7)15-4-3-13/h5-6,13H,2-4H2,1H3,(H,10,12,14). The molecule has 0 aliphatic rings. The fourth-order valence-corrected chi connectivity index (χ4v) is 0.837. The molecule has 6 heteroatoms. The lowest BCUT2D eigenvalue weighted by Gasteiger charge is -2.04. The zero-order valence-electron chi connectivity index (χ0n) is 8.43. The molecule has 0 fully saturated rings. The minimum absolute atomic E-state index is 0.0734. The van der Waals surface area contributed by atoms with E-state index in [1.807, 2.05) is 0 Å². The van der Waals surface area contributed by atoms with Gasteiger partial charge in [-0.2, -0.15) is 0 Å². The highest BCUT2D eigenvalue weighted by atomic mass is 16.5. The summed E-state index contributed by atoms with van der Waals surface area (Å²) in [6, 6.07) is 0. The maximum atomic E-state index is 11.0. The van der Waals surface area contributed by atoms with Gasteiger partial charge in [-0.3, -0.25) is 4.79 Å². The molecule has 0 unspecified atom stereocenters. The Morgan fingerprint density at radius 2 is 2.33 bits per heavy atom. The summed E-state index contributed by atoms with van der Waals surface area (Å²) in [5.41, 5.74) is 0. The molecule has 1 aromatic heterocycles. The minimum atomic E-state index is -0.117. The monoisotopic (exact) mass is 211 g/mol. The number of hydrogen-bond donors (Lipinski definition) is 2. The van der Waals surface area contributed by atoms with Crippen LogP contribution in [0.1, 0.15) is 13.3 Å². The first-order chi connectivity index (χ1) is 7.26. The van der Waals surface area contributed by atoms with E-state index in [4.69, 9.17) is 9.84 Å². The topological polar surface area (TPSA) is 84.3 Å². The Balaban J connectivity index is 2.52. The van der Waals surface area contributed by atoms with Crippen LogP contribution in [0.15, 0.2) is 12.4 Å². The van der Waals surface area contributed by atoms with Crippen molar-refractivity contribution in [2.75, 3.05) is 18.5 Å². The maximum absolute atomic E-state index is 11.0. The lowest BCUT2D eigenvalue weighted by atomic mass is 10.4. The number of nitrogens with zero attached hydrogens (tertiary/aromatic N) is 2. The SMILES string of the molecule is CCC(=O)Nc1cnc(OCCO)cn1. The van der Waals surface area contributed by atoms with Gasteiger partial charge in [0.25, 0.3) is 0 Å². The van der Waals surface area contributed by atoms with Crippen LogP contribution in [0, 0.1) is 0 Å². The summed E-state index contributed by atoms with van der Waals surface area (Å²) in [4.78, 5) is 18.8. The third kappa shape index (κ3) is 3.90. The van der Waals surface area contributed by atoms with Crippen molar-refractivity contribution in [2.24, 2.45) is 0 Å². The zero-order valence-corrected chi connectivity index (χ0v) is 8.43. The molecule has 0 aliphatic carbocycles. The number of amides is 1. The number of aliphatic hydroxyl groups excluding tert-OH is 1. The van der Waals surface area contributed by atoms with Gasteiger partial charge in [-0.1, -0.05) is 6.92 Å². The lowest BCUT2D eigenvalue weighted by molar-refractivity contribution is -0.115. The summed E-state index contributed by atoms with van der Waals surface area (Å²) < 4.78 is 5.01. The van der Waals surface area contributed by atoms with Crippen LogP contribution in [0.2, 0.25) is 0 Å². The van der Waals surface area contributed by atoms with Crippen molar-refractivity contribution in [2.45, 2.75) is 13.3 Å². The van der Waals surface area contributed by atoms with Crippen LogP contribution in [0.5, 0.6) is 5.88 Å². The first kappa shape index (κ1) is 11.4. The molecular weight excluding hydrogens is 198 g/mol. The normalized spacial score (nSPS) is 9.73. The van der Waals surface area contributed by atoms with Gasteiger partial charge in [-0.15, -0.1) is 0 Å². The Bertz CT molecular complexity index is 313. The van der Waals surface area contributed by atoms with Crippen molar-refractivity contribution >= 4 is 11.7 Å². The molecule has 0 aliphatic heterocycles. The summed E-state index contributed by atoms with van der Waals surface area (Å²) in [6.07, 6.45) is 3.19. The van der Waals surface area contributed by atoms with Crippen molar-refractivity contribution in [3.05, 3.63) is 12.4 Å². The van der Waals surface area contributed by atoms with Gasteiger partial charge in [0, 0.05) is 6.42 Å².